The Balaban J connectivity index is 0.000000194. The van der Waals surface area contributed by atoms with Gasteiger partial charge >= 0.3 is 15.6 Å². The van der Waals surface area contributed by atoms with Crippen LogP contribution < -0.4 is 18.3 Å². The maximum Gasteiger partial charge on any atom is 0.469 e. The minimum absolute atomic E-state index is 0.0453. The standard InChI is InChI=1S/2C12H16NO8P.C12H17NO5.2C12H16NO5/c2*1-7(14)8-3-2-4-13(5-8)12-11(16)10(15)9(21-12)6-20-22(17,18)19;3*1-7(15)8-3-2-4-13(5-8)12-11(17)10(16)9(6-14)18-12/h2*2-5,9-12,15-16H,6H2,1H3,(H-,17,18,19);2,4-5,9-12,14,16-17H,3,6H2,1H3;2*2-5,9-12,14,16-17H,6H2,1H3/q;;;2*+1/p+2/t5*9-,10?,11+,12-/m11111/s1. The van der Waals surface area contributed by atoms with Gasteiger partial charge in [0, 0.05) is 42.2 Å². The van der Waals surface area contributed by atoms with Gasteiger partial charge in [-0.3, -0.25) is 33.0 Å². The molecule has 10 heterocycles. The molecule has 0 amide bonds. The van der Waals surface area contributed by atoms with Crippen molar-refractivity contribution in [3.05, 3.63) is 144 Å². The fraction of sp³-hybridized carbons (Fsp3) is 0.517. The average Bonchev–Trinajstić information content (AvgIpc) is 1.69. The smallest absolute Gasteiger partial charge is 0.394 e. The van der Waals surface area contributed by atoms with Crippen LogP contribution >= 0.6 is 15.6 Å². The van der Waals surface area contributed by atoms with E-state index in [1.807, 2.05) is 0 Å². The van der Waals surface area contributed by atoms with E-state index in [0.29, 0.717) is 34.2 Å². The molecule has 0 spiro atoms. The van der Waals surface area contributed by atoms with E-state index < -0.39 is 152 Å². The monoisotopic (exact) mass is 1430 g/mol. The largest absolute Gasteiger partial charge is 0.469 e. The van der Waals surface area contributed by atoms with Gasteiger partial charge < -0.3 is 115 Å². The highest BCUT2D eigenvalue weighted by Gasteiger charge is 2.52. The molecule has 4 aromatic heterocycles. The molecule has 17 N–H and O–H groups in total. The summed E-state index contributed by atoms with van der Waals surface area (Å²) in [6.07, 6.45) is -3.41. The number of phosphoric ester groups is 2. The molecule has 36 nitrogen and oxygen atoms in total. The predicted molar refractivity (Wildman–Crippen MR) is 323 cm³/mol. The summed E-state index contributed by atoms with van der Waals surface area (Å²) in [6, 6.07) is 13.0. The Morgan fingerprint density at radius 3 is 0.959 bits per heavy atom. The molecule has 0 bridgehead atoms. The topological polar surface area (TPSA) is 547 Å². The normalized spacial score (nSPS) is 31.1. The van der Waals surface area contributed by atoms with Crippen molar-refractivity contribution in [1.82, 2.24) is 4.90 Å². The van der Waals surface area contributed by atoms with Crippen molar-refractivity contribution >= 4 is 44.6 Å². The third kappa shape index (κ3) is 21.4. The van der Waals surface area contributed by atoms with Gasteiger partial charge in [0.05, 0.1) is 55.3 Å². The number of nitrogens with zero attached hydrogens (tertiary/aromatic N) is 5. The summed E-state index contributed by atoms with van der Waals surface area (Å²) in [5, 5.41) is 125. The van der Waals surface area contributed by atoms with Gasteiger partial charge in [0.15, 0.2) is 109 Å². The second-order valence-corrected chi connectivity index (χ2v) is 25.5. The number of aliphatic hydroxyl groups is 13. The summed E-state index contributed by atoms with van der Waals surface area (Å²) in [5.74, 6) is -0.601. The fourth-order valence-corrected chi connectivity index (χ4v) is 11.0. The Morgan fingerprint density at radius 2 is 0.704 bits per heavy atom. The first-order chi connectivity index (χ1) is 46.0. The third-order valence-electron chi connectivity index (χ3n) is 15.8. The Labute approximate surface area is 558 Å². The van der Waals surface area contributed by atoms with Crippen molar-refractivity contribution < 1.29 is 170 Å². The van der Waals surface area contributed by atoms with Gasteiger partial charge in [-0.1, -0.05) is 6.08 Å². The molecule has 5 saturated heterocycles. The number of ether oxygens (including phenoxy) is 5. The lowest BCUT2D eigenvalue weighted by Crippen LogP contribution is -2.46. The Morgan fingerprint density at radius 1 is 0.429 bits per heavy atom. The summed E-state index contributed by atoms with van der Waals surface area (Å²) in [4.78, 5) is 92.7. The van der Waals surface area contributed by atoms with E-state index >= 15 is 0 Å². The minimum atomic E-state index is -4.70. The molecule has 0 aliphatic carbocycles. The van der Waals surface area contributed by atoms with Crippen LogP contribution in [0.25, 0.3) is 0 Å². The molecule has 38 heteroatoms. The number of aromatic nitrogens is 4. The van der Waals surface area contributed by atoms with Crippen molar-refractivity contribution in [2.75, 3.05) is 33.0 Å². The highest BCUT2D eigenvalue weighted by Crippen LogP contribution is 2.39. The number of Topliss-reactive ketones (excluding diaryl/α,β-unsaturated/α-hetero) is 5. The number of carbonyl (C=O) groups is 5. The molecule has 98 heavy (non-hydrogen) atoms. The maximum atomic E-state index is 11.4. The number of phosphoric acid groups is 2. The van der Waals surface area contributed by atoms with Crippen LogP contribution in [0, 0.1) is 0 Å². The summed E-state index contributed by atoms with van der Waals surface area (Å²) in [7, 11) is -9.40. The van der Waals surface area contributed by atoms with Gasteiger partial charge in [0.25, 0.3) is 24.9 Å². The number of hydrogen-bond acceptors (Lipinski definition) is 28. The number of pyridine rings is 4. The number of hydrogen-bond donors (Lipinski definition) is 17. The van der Waals surface area contributed by atoms with Crippen LogP contribution in [0.2, 0.25) is 0 Å². The number of rotatable bonds is 19. The zero-order valence-corrected chi connectivity index (χ0v) is 55.0. The van der Waals surface area contributed by atoms with Crippen molar-refractivity contribution in [1.29, 1.82) is 0 Å². The minimum Gasteiger partial charge on any atom is -0.394 e. The molecule has 20 atom stereocenters. The van der Waals surface area contributed by atoms with Gasteiger partial charge in [0.1, 0.15) is 67.1 Å². The first-order valence-corrected chi connectivity index (χ1v) is 33.1. The fourth-order valence-electron chi connectivity index (χ4n) is 10.4. The number of allylic oxidation sites excluding steroid dienone is 2. The van der Waals surface area contributed by atoms with Crippen molar-refractivity contribution in [3.8, 4) is 0 Å². The average molecular weight is 1430 g/mol. The zero-order chi connectivity index (χ0) is 72.8. The van der Waals surface area contributed by atoms with Crippen LogP contribution in [-0.2, 0) is 46.7 Å². The molecule has 5 unspecified atom stereocenters. The van der Waals surface area contributed by atoms with Gasteiger partial charge in [-0.15, -0.1) is 0 Å². The van der Waals surface area contributed by atoms with Gasteiger partial charge in [0.2, 0.25) is 0 Å². The summed E-state index contributed by atoms with van der Waals surface area (Å²) in [6.45, 7) is 4.86. The molecule has 10 rings (SSSR count). The van der Waals surface area contributed by atoms with E-state index in [4.69, 9.17) is 58.6 Å². The zero-order valence-electron chi connectivity index (χ0n) is 53.2. The molecular weight excluding hydrogens is 1350 g/mol. The van der Waals surface area contributed by atoms with Crippen LogP contribution in [0.4, 0.5) is 0 Å². The molecule has 0 saturated carbocycles. The lowest BCUT2D eigenvalue weighted by molar-refractivity contribution is -0.766. The lowest BCUT2D eigenvalue weighted by Gasteiger charge is -2.28. The molecular formula is C60H83N5O31P2+4. The Hall–Kier alpha value is -6.27. The van der Waals surface area contributed by atoms with E-state index in [0.717, 1.165) is 0 Å². The SMILES string of the molecule is CC(=O)C1=CN([C@@H]2O[C@H](CO)C(O)[C@@H]2O)C=CC1.CC(=O)c1ccc[n+]([C@@H]2O[C@H](CO)C(O)[C@@H]2O)c1.CC(=O)c1ccc[n+]([C@@H]2O[C@H](CO)C(O)[C@@H]2O)c1.CC(=O)c1ccc[n+]([C@@H]2O[C@H](COP(=O)(O)O)C(O)[C@@H]2O)c1.CC(=O)c1ccc[n+]([C@@H]2O[C@H](COP(=O)(O)O)C(O)[C@@H]2O)c1. The lowest BCUT2D eigenvalue weighted by atomic mass is 10.1. The first kappa shape index (κ1) is 80.7. The Kier molecular flexibility index (Phi) is 29.5. The molecule has 0 radical (unpaired) electrons. The van der Waals surface area contributed by atoms with Crippen molar-refractivity contribution in [2.45, 2.75) is 164 Å². The van der Waals surface area contributed by atoms with Crippen molar-refractivity contribution in [3.63, 3.8) is 0 Å². The number of carbonyl (C=O) groups excluding carboxylic acids is 5. The van der Waals surface area contributed by atoms with E-state index in [9.17, 15) is 84.2 Å². The number of aliphatic hydroxyl groups excluding tert-OH is 13. The highest BCUT2D eigenvalue weighted by atomic mass is 31.2. The molecule has 540 valence electrons. The molecule has 6 aliphatic heterocycles. The molecule has 4 aromatic rings. The Bertz CT molecular complexity index is 3350. The van der Waals surface area contributed by atoms with E-state index in [1.54, 1.807) is 109 Å². The maximum absolute atomic E-state index is 11.4. The highest BCUT2D eigenvalue weighted by molar-refractivity contribution is 7.46. The van der Waals surface area contributed by atoms with Crippen LogP contribution in [-0.4, -0.2) is 251 Å². The van der Waals surface area contributed by atoms with Gasteiger partial charge in [-0.05, 0) is 65.3 Å². The first-order valence-electron chi connectivity index (χ1n) is 30.0. The van der Waals surface area contributed by atoms with Gasteiger partial charge in [-0.25, -0.2) is 9.13 Å². The number of ketones is 5. The summed E-state index contributed by atoms with van der Waals surface area (Å²) >= 11 is 0. The predicted octanol–water partition coefficient (Wildman–Crippen LogP) is -5.50. The van der Waals surface area contributed by atoms with Crippen LogP contribution in [0.3, 0.4) is 0 Å². The van der Waals surface area contributed by atoms with Gasteiger partial charge in [-0.2, -0.15) is 18.3 Å². The van der Waals surface area contributed by atoms with E-state index in [2.05, 4.69) is 9.05 Å². The van der Waals surface area contributed by atoms with E-state index in [1.165, 1.54) is 65.3 Å². The molecule has 5 fully saturated rings. The van der Waals surface area contributed by atoms with Crippen molar-refractivity contribution in [2.24, 2.45) is 0 Å². The van der Waals surface area contributed by atoms with Crippen LogP contribution in [0.15, 0.2) is 122 Å². The van der Waals surface area contributed by atoms with Crippen LogP contribution in [0.5, 0.6) is 0 Å². The molecule has 6 aliphatic rings. The van der Waals surface area contributed by atoms with E-state index in [-0.39, 0.29) is 48.7 Å². The quantitative estimate of drug-likeness (QED) is 0.0237. The second-order valence-electron chi connectivity index (χ2n) is 23.0. The summed E-state index contributed by atoms with van der Waals surface area (Å²) < 4.78 is 62.6. The van der Waals surface area contributed by atoms with Crippen LogP contribution in [0.1, 0.15) is 107 Å². The summed E-state index contributed by atoms with van der Waals surface area (Å²) in [5.41, 5.74) is 2.35. The third-order valence-corrected chi connectivity index (χ3v) is 16.8. The molecule has 0 aromatic carbocycles. The second kappa shape index (κ2) is 35.9.